The quantitative estimate of drug-likeness (QED) is 0.697. The van der Waals surface area contributed by atoms with Crippen LogP contribution in [0.4, 0.5) is 25.1 Å². The van der Waals surface area contributed by atoms with Crippen LogP contribution in [0.3, 0.4) is 0 Å². The predicted molar refractivity (Wildman–Crippen MR) is 64.9 cm³/mol. The molecule has 0 fully saturated rings. The van der Waals surface area contributed by atoms with Gasteiger partial charge in [-0.05, 0) is 28.1 Å². The van der Waals surface area contributed by atoms with E-state index in [4.69, 9.17) is 0 Å². The van der Waals surface area contributed by atoms with E-state index in [1.54, 1.807) is 24.3 Å². The van der Waals surface area contributed by atoms with Crippen molar-refractivity contribution in [1.82, 2.24) is 0 Å². The molecule has 0 amide bonds. The molecule has 98 valence electrons. The highest BCUT2D eigenvalue weighted by molar-refractivity contribution is 9.10. The van der Waals surface area contributed by atoms with E-state index < -0.39 is 15.6 Å². The van der Waals surface area contributed by atoms with Gasteiger partial charge in [-0.3, -0.25) is 0 Å². The molecule has 1 nitrogen and oxygen atoms in total. The summed E-state index contributed by atoms with van der Waals surface area (Å²) in [6.07, 6.45) is 0.362. The summed E-state index contributed by atoms with van der Waals surface area (Å²) in [4.78, 5) is 0. The maximum Gasteiger partial charge on any atom is 0.304 e. The van der Waals surface area contributed by atoms with Crippen LogP contribution in [0, 0.1) is 0 Å². The minimum absolute atomic E-state index is 0.339. The van der Waals surface area contributed by atoms with Crippen LogP contribution in [0.15, 0.2) is 40.2 Å². The molecule has 0 bridgehead atoms. The van der Waals surface area contributed by atoms with E-state index in [1.807, 2.05) is 0 Å². The van der Waals surface area contributed by atoms with E-state index in [0.717, 1.165) is 0 Å². The molecule has 0 aliphatic heterocycles. The lowest BCUT2D eigenvalue weighted by atomic mass is 10.3. The van der Waals surface area contributed by atoms with Crippen molar-refractivity contribution in [2.45, 2.75) is 0 Å². The molecule has 1 aromatic carbocycles. The summed E-state index contributed by atoms with van der Waals surface area (Å²) in [7, 11) is -9.43. The molecule has 1 aromatic rings. The standard InChI is InChI=1S/C9H9BrF5NS/c10-8-4-1-2-5-9(8)16-6-3-7-17(11,12,13,14)15/h1-5,7,16H,6H2/b7-3+. The van der Waals surface area contributed by atoms with Crippen molar-refractivity contribution in [3.8, 4) is 0 Å². The summed E-state index contributed by atoms with van der Waals surface area (Å²) in [5.74, 6) is 0. The van der Waals surface area contributed by atoms with Crippen LogP contribution in [0.5, 0.6) is 0 Å². The fourth-order valence-electron chi connectivity index (χ4n) is 1.00. The molecule has 0 unspecified atom stereocenters. The topological polar surface area (TPSA) is 12.0 Å². The Labute approximate surface area is 104 Å². The maximum atomic E-state index is 11.9. The van der Waals surface area contributed by atoms with Crippen LogP contribution >= 0.6 is 26.2 Å². The van der Waals surface area contributed by atoms with E-state index in [1.165, 1.54) is 0 Å². The number of rotatable bonds is 4. The molecule has 0 atom stereocenters. The first-order chi connectivity index (χ1) is 7.47. The molecule has 0 heterocycles. The highest BCUT2D eigenvalue weighted by atomic mass is 79.9. The Kier molecular flexibility index (Phi) is 3.26. The van der Waals surface area contributed by atoms with E-state index >= 15 is 0 Å². The Hall–Kier alpha value is -0.760. The van der Waals surface area contributed by atoms with Crippen LogP contribution in [-0.2, 0) is 0 Å². The van der Waals surface area contributed by atoms with Crippen LogP contribution in [0.25, 0.3) is 0 Å². The first-order valence-corrected chi connectivity index (χ1v) is 7.18. The molecule has 0 aliphatic carbocycles. The number of benzene rings is 1. The van der Waals surface area contributed by atoms with Gasteiger partial charge in [0.1, 0.15) is 0 Å². The third kappa shape index (κ3) is 6.52. The molecule has 0 radical (unpaired) electrons. The van der Waals surface area contributed by atoms with Crippen LogP contribution in [0.1, 0.15) is 0 Å². The fraction of sp³-hybridized carbons (Fsp3) is 0.111. The summed E-state index contributed by atoms with van der Waals surface area (Å²) < 4.78 is 60.1. The lowest BCUT2D eigenvalue weighted by Crippen LogP contribution is -2.03. The van der Waals surface area contributed by atoms with Gasteiger partial charge >= 0.3 is 10.2 Å². The van der Waals surface area contributed by atoms with Crippen molar-refractivity contribution in [1.29, 1.82) is 0 Å². The van der Waals surface area contributed by atoms with Crippen LogP contribution in [-0.4, -0.2) is 6.54 Å². The van der Waals surface area contributed by atoms with E-state index in [9.17, 15) is 19.4 Å². The number of halogens is 6. The molecule has 17 heavy (non-hydrogen) atoms. The van der Waals surface area contributed by atoms with Gasteiger partial charge < -0.3 is 5.32 Å². The van der Waals surface area contributed by atoms with Gasteiger partial charge in [0.15, 0.2) is 0 Å². The molecule has 8 heteroatoms. The number of nitrogens with one attached hydrogen (secondary N) is 1. The molecule has 0 spiro atoms. The van der Waals surface area contributed by atoms with Gasteiger partial charge in [-0.1, -0.05) is 37.6 Å². The molecular formula is C9H9BrF5NS. The summed E-state index contributed by atoms with van der Waals surface area (Å²) in [6.45, 7) is -0.339. The van der Waals surface area contributed by atoms with Crippen molar-refractivity contribution in [3.63, 3.8) is 0 Å². The number of hydrogen-bond donors (Lipinski definition) is 1. The Morgan fingerprint density at radius 1 is 1.12 bits per heavy atom. The second-order valence-corrected chi connectivity index (χ2v) is 6.44. The van der Waals surface area contributed by atoms with Crippen molar-refractivity contribution in [2.75, 3.05) is 11.9 Å². The van der Waals surface area contributed by atoms with Gasteiger partial charge in [-0.25, -0.2) is 0 Å². The monoisotopic (exact) mass is 337 g/mol. The van der Waals surface area contributed by atoms with Gasteiger partial charge in [-0.2, -0.15) is 0 Å². The second kappa shape index (κ2) is 3.88. The largest absolute Gasteiger partial charge is 0.381 e. The van der Waals surface area contributed by atoms with Crippen LogP contribution < -0.4 is 5.32 Å². The molecule has 0 saturated carbocycles. The average molecular weight is 338 g/mol. The highest BCUT2D eigenvalue weighted by Gasteiger charge is 2.60. The van der Waals surface area contributed by atoms with Gasteiger partial charge in [0, 0.05) is 16.7 Å². The number of hydrogen-bond acceptors (Lipinski definition) is 1. The SMILES string of the molecule is FS(F)(F)(F)(F)/C=C/CNc1ccccc1Br. The molecule has 1 N–H and O–H groups in total. The van der Waals surface area contributed by atoms with E-state index in [0.29, 0.717) is 16.2 Å². The van der Waals surface area contributed by atoms with E-state index in [-0.39, 0.29) is 6.54 Å². The first kappa shape index (κ1) is 14.3. The number of anilines is 1. The van der Waals surface area contributed by atoms with Crippen molar-refractivity contribution in [3.05, 3.63) is 40.2 Å². The molecule has 0 aliphatic rings. The fourth-order valence-corrected chi connectivity index (χ4v) is 1.89. The van der Waals surface area contributed by atoms with Crippen molar-refractivity contribution in [2.24, 2.45) is 0 Å². The normalized spacial score (nSPS) is 16.6. The summed E-state index contributed by atoms with van der Waals surface area (Å²) in [6, 6.07) is 6.68. The minimum atomic E-state index is -9.43. The lowest BCUT2D eigenvalue weighted by Gasteiger charge is -2.36. The van der Waals surface area contributed by atoms with Gasteiger partial charge in [-0.15, -0.1) is 0 Å². The summed E-state index contributed by atoms with van der Waals surface area (Å²) >= 11 is 3.16. The maximum absolute atomic E-state index is 11.9. The molecule has 1 rings (SSSR count). The zero-order valence-electron chi connectivity index (χ0n) is 8.35. The molecular weight excluding hydrogens is 329 g/mol. The summed E-state index contributed by atoms with van der Waals surface area (Å²) in [5.41, 5.74) is 0.527. The Balaban J connectivity index is 2.62. The smallest absolute Gasteiger partial charge is 0.304 e. The third-order valence-corrected chi connectivity index (χ3v) is 3.04. The van der Waals surface area contributed by atoms with Crippen molar-refractivity contribution < 1.29 is 19.4 Å². The molecule has 0 saturated heterocycles. The lowest BCUT2D eigenvalue weighted by molar-refractivity contribution is 0.384. The molecule has 0 aromatic heterocycles. The van der Waals surface area contributed by atoms with Gasteiger partial charge in [0.05, 0.1) is 5.41 Å². The Morgan fingerprint density at radius 3 is 2.24 bits per heavy atom. The minimum Gasteiger partial charge on any atom is -0.381 e. The zero-order chi connectivity index (χ0) is 13.2. The van der Waals surface area contributed by atoms with Gasteiger partial charge in [0.2, 0.25) is 0 Å². The average Bonchev–Trinajstić information content (AvgIpc) is 2.11. The summed E-state index contributed by atoms with van der Waals surface area (Å²) in [5, 5.41) is 1.62. The zero-order valence-corrected chi connectivity index (χ0v) is 10.7. The Morgan fingerprint density at radius 2 is 1.71 bits per heavy atom. The number of para-hydroxylation sites is 1. The van der Waals surface area contributed by atoms with Gasteiger partial charge in [0.25, 0.3) is 0 Å². The van der Waals surface area contributed by atoms with Crippen molar-refractivity contribution >= 4 is 31.8 Å². The highest BCUT2D eigenvalue weighted by Crippen LogP contribution is 2.98. The Bertz CT molecular complexity index is 441. The first-order valence-electron chi connectivity index (χ1n) is 4.37. The predicted octanol–water partition coefficient (Wildman–Crippen LogP) is 5.67. The third-order valence-electron chi connectivity index (χ3n) is 1.64. The van der Waals surface area contributed by atoms with E-state index in [2.05, 4.69) is 21.2 Å². The second-order valence-electron chi connectivity index (χ2n) is 3.26. The van der Waals surface area contributed by atoms with Crippen LogP contribution in [0.2, 0.25) is 0 Å².